The standard InChI is InChI=1S/C18H19NO3/c1-10(2)12-5-6-13-14(9-12)18(22)19(17(13)21)15-7-4-11(3)8-16(15)20/h5-6,9-10,15H,3-4,7-8H2,1-2H3. The molecule has 22 heavy (non-hydrogen) atoms. The van der Waals surface area contributed by atoms with Crippen molar-refractivity contribution in [2.75, 3.05) is 0 Å². The van der Waals surface area contributed by atoms with Crippen LogP contribution in [0.3, 0.4) is 0 Å². The zero-order valence-electron chi connectivity index (χ0n) is 12.9. The second kappa shape index (κ2) is 5.20. The third-order valence-corrected chi connectivity index (χ3v) is 4.49. The van der Waals surface area contributed by atoms with Gasteiger partial charge in [0.15, 0.2) is 5.78 Å². The molecular weight excluding hydrogens is 278 g/mol. The van der Waals surface area contributed by atoms with Gasteiger partial charge in [-0.25, -0.2) is 0 Å². The van der Waals surface area contributed by atoms with Gasteiger partial charge in [-0.1, -0.05) is 32.1 Å². The van der Waals surface area contributed by atoms with Gasteiger partial charge in [-0.3, -0.25) is 19.3 Å². The van der Waals surface area contributed by atoms with Crippen LogP contribution in [0.1, 0.15) is 65.3 Å². The number of amides is 2. The van der Waals surface area contributed by atoms with Gasteiger partial charge >= 0.3 is 0 Å². The molecule has 0 N–H and O–H groups in total. The van der Waals surface area contributed by atoms with E-state index in [1.807, 2.05) is 19.9 Å². The van der Waals surface area contributed by atoms with Crippen molar-refractivity contribution in [3.05, 3.63) is 47.0 Å². The van der Waals surface area contributed by atoms with Crippen molar-refractivity contribution in [3.8, 4) is 0 Å². The highest BCUT2D eigenvalue weighted by Crippen LogP contribution is 2.32. The van der Waals surface area contributed by atoms with Crippen LogP contribution in [-0.2, 0) is 4.79 Å². The maximum Gasteiger partial charge on any atom is 0.262 e. The van der Waals surface area contributed by atoms with Gasteiger partial charge in [0, 0.05) is 6.42 Å². The van der Waals surface area contributed by atoms with Gasteiger partial charge < -0.3 is 0 Å². The summed E-state index contributed by atoms with van der Waals surface area (Å²) in [5.41, 5.74) is 2.73. The van der Waals surface area contributed by atoms with Crippen molar-refractivity contribution in [1.82, 2.24) is 4.90 Å². The Morgan fingerprint density at radius 3 is 2.45 bits per heavy atom. The van der Waals surface area contributed by atoms with E-state index in [0.29, 0.717) is 24.0 Å². The van der Waals surface area contributed by atoms with E-state index < -0.39 is 6.04 Å². The predicted octanol–water partition coefficient (Wildman–Crippen LogP) is 3.08. The molecule has 2 amide bonds. The number of benzene rings is 1. The first-order chi connectivity index (χ1) is 10.4. The molecule has 1 aromatic rings. The van der Waals surface area contributed by atoms with Crippen molar-refractivity contribution in [1.29, 1.82) is 0 Å². The largest absolute Gasteiger partial charge is 0.297 e. The van der Waals surface area contributed by atoms with Gasteiger partial charge in [0.2, 0.25) is 0 Å². The molecule has 0 radical (unpaired) electrons. The van der Waals surface area contributed by atoms with E-state index in [1.54, 1.807) is 12.1 Å². The molecule has 1 heterocycles. The maximum absolute atomic E-state index is 12.6. The lowest BCUT2D eigenvalue weighted by atomic mass is 9.89. The highest BCUT2D eigenvalue weighted by atomic mass is 16.2. The van der Waals surface area contributed by atoms with Gasteiger partial charge in [0.05, 0.1) is 17.2 Å². The van der Waals surface area contributed by atoms with Crippen molar-refractivity contribution in [3.63, 3.8) is 0 Å². The van der Waals surface area contributed by atoms with Crippen LogP contribution in [0.2, 0.25) is 0 Å². The third kappa shape index (κ3) is 2.19. The number of nitrogens with zero attached hydrogens (tertiary/aromatic N) is 1. The predicted molar refractivity (Wildman–Crippen MR) is 82.8 cm³/mol. The lowest BCUT2D eigenvalue weighted by Crippen LogP contribution is -2.46. The van der Waals surface area contributed by atoms with Gasteiger partial charge in [-0.2, -0.15) is 0 Å². The lowest BCUT2D eigenvalue weighted by Gasteiger charge is -2.29. The fourth-order valence-electron chi connectivity index (χ4n) is 3.15. The van der Waals surface area contributed by atoms with Crippen LogP contribution in [-0.4, -0.2) is 28.5 Å². The van der Waals surface area contributed by atoms with Crippen LogP contribution in [0.5, 0.6) is 0 Å². The SMILES string of the molecule is C=C1CCC(N2C(=O)c3ccc(C(C)C)cc3C2=O)C(=O)C1. The number of hydrogen-bond acceptors (Lipinski definition) is 3. The maximum atomic E-state index is 12.6. The average Bonchev–Trinajstić information content (AvgIpc) is 2.71. The number of allylic oxidation sites excluding steroid dienone is 1. The van der Waals surface area contributed by atoms with Crippen molar-refractivity contribution in [2.45, 2.75) is 45.1 Å². The second-order valence-electron chi connectivity index (χ2n) is 6.39. The number of imide groups is 1. The molecule has 0 spiro atoms. The summed E-state index contributed by atoms with van der Waals surface area (Å²) in [5.74, 6) is -0.494. The zero-order valence-corrected chi connectivity index (χ0v) is 12.9. The molecule has 1 aliphatic heterocycles. The van der Waals surface area contributed by atoms with Crippen LogP contribution in [0.25, 0.3) is 0 Å². The second-order valence-corrected chi connectivity index (χ2v) is 6.39. The molecule has 1 aliphatic carbocycles. The van der Waals surface area contributed by atoms with Crippen LogP contribution in [0.15, 0.2) is 30.4 Å². The van der Waals surface area contributed by atoms with Gasteiger partial charge in [0.1, 0.15) is 0 Å². The topological polar surface area (TPSA) is 54.5 Å². The summed E-state index contributed by atoms with van der Waals surface area (Å²) in [6, 6.07) is 4.73. The first-order valence-corrected chi connectivity index (χ1v) is 7.61. The molecule has 3 rings (SSSR count). The molecule has 0 aromatic heterocycles. The van der Waals surface area contributed by atoms with E-state index >= 15 is 0 Å². The number of ketones is 1. The smallest absolute Gasteiger partial charge is 0.262 e. The van der Waals surface area contributed by atoms with Crippen LogP contribution >= 0.6 is 0 Å². The summed E-state index contributed by atoms with van der Waals surface area (Å²) >= 11 is 0. The molecular formula is C18H19NO3. The molecule has 2 aliphatic rings. The number of Topliss-reactive ketones (excluding diaryl/α,β-unsaturated/α-hetero) is 1. The molecule has 1 aromatic carbocycles. The normalized spacial score (nSPS) is 21.8. The van der Waals surface area contributed by atoms with E-state index in [4.69, 9.17) is 0 Å². The fraction of sp³-hybridized carbons (Fsp3) is 0.389. The Hall–Kier alpha value is -2.23. The first-order valence-electron chi connectivity index (χ1n) is 7.61. The highest BCUT2D eigenvalue weighted by Gasteiger charge is 2.43. The van der Waals surface area contributed by atoms with E-state index in [9.17, 15) is 14.4 Å². The van der Waals surface area contributed by atoms with Crippen molar-refractivity contribution < 1.29 is 14.4 Å². The molecule has 1 atom stereocenters. The molecule has 1 saturated carbocycles. The molecule has 4 heteroatoms. The fourth-order valence-corrected chi connectivity index (χ4v) is 3.15. The first kappa shape index (κ1) is 14.7. The Balaban J connectivity index is 1.96. The molecule has 114 valence electrons. The van der Waals surface area contributed by atoms with Gasteiger partial charge in [-0.15, -0.1) is 0 Å². The number of carbonyl (C=O) groups is 3. The number of fused-ring (bicyclic) bond motifs is 1. The monoisotopic (exact) mass is 297 g/mol. The Kier molecular flexibility index (Phi) is 3.47. The van der Waals surface area contributed by atoms with Gasteiger partial charge in [-0.05, 0) is 36.5 Å². The van der Waals surface area contributed by atoms with E-state index in [2.05, 4.69) is 6.58 Å². The molecule has 1 fully saturated rings. The van der Waals surface area contributed by atoms with Crippen LogP contribution in [0, 0.1) is 0 Å². The Bertz CT molecular complexity index is 702. The highest BCUT2D eigenvalue weighted by molar-refractivity contribution is 6.23. The quantitative estimate of drug-likeness (QED) is 0.622. The summed E-state index contributed by atoms with van der Waals surface area (Å²) in [4.78, 5) is 38.5. The Morgan fingerprint density at radius 1 is 1.14 bits per heavy atom. The molecule has 0 bridgehead atoms. The Morgan fingerprint density at radius 2 is 1.82 bits per heavy atom. The molecule has 0 saturated heterocycles. The minimum absolute atomic E-state index is 0.0881. The average molecular weight is 297 g/mol. The third-order valence-electron chi connectivity index (χ3n) is 4.49. The van der Waals surface area contributed by atoms with E-state index in [0.717, 1.165) is 16.0 Å². The minimum atomic E-state index is -0.639. The van der Waals surface area contributed by atoms with E-state index in [1.165, 1.54) is 0 Å². The van der Waals surface area contributed by atoms with Gasteiger partial charge in [0.25, 0.3) is 11.8 Å². The minimum Gasteiger partial charge on any atom is -0.297 e. The van der Waals surface area contributed by atoms with Crippen LogP contribution < -0.4 is 0 Å². The summed E-state index contributed by atoms with van der Waals surface area (Å²) in [7, 11) is 0. The number of carbonyl (C=O) groups excluding carboxylic acids is 3. The molecule has 1 unspecified atom stereocenters. The van der Waals surface area contributed by atoms with Crippen molar-refractivity contribution in [2.24, 2.45) is 0 Å². The summed E-state index contributed by atoms with van der Waals surface area (Å²) in [5, 5.41) is 0. The summed E-state index contributed by atoms with van der Waals surface area (Å²) in [6.07, 6.45) is 1.43. The van der Waals surface area contributed by atoms with Crippen molar-refractivity contribution >= 4 is 17.6 Å². The lowest BCUT2D eigenvalue weighted by molar-refractivity contribution is -0.123. The summed E-state index contributed by atoms with van der Waals surface area (Å²) < 4.78 is 0. The molecule has 4 nitrogen and oxygen atoms in total. The number of rotatable bonds is 2. The summed E-state index contributed by atoms with van der Waals surface area (Å²) in [6.45, 7) is 7.90. The zero-order chi connectivity index (χ0) is 16.0. The Labute approximate surface area is 129 Å². The number of hydrogen-bond donors (Lipinski definition) is 0. The van der Waals surface area contributed by atoms with E-state index in [-0.39, 0.29) is 29.9 Å². The van der Waals surface area contributed by atoms with Crippen LogP contribution in [0.4, 0.5) is 0 Å².